The topological polar surface area (TPSA) is 64.0 Å². The average molecular weight is 341 g/mol. The van der Waals surface area contributed by atoms with Crippen LogP contribution in [0.2, 0.25) is 0 Å². The van der Waals surface area contributed by atoms with E-state index in [1.54, 1.807) is 28.2 Å². The van der Waals surface area contributed by atoms with Crippen molar-refractivity contribution in [2.45, 2.75) is 33.4 Å². The number of aromatic nitrogens is 2. The second-order valence-electron chi connectivity index (χ2n) is 5.80. The standard InChI is InChI=1S/C18H19N3O2S/c1-11-18(24-13(3)19-11)12(2)20-17(23)10-21-9-8-16(22)14-6-4-5-7-15(14)21/h4-9,12H,10H2,1-3H3,(H,20,23). The Labute approximate surface area is 144 Å². The maximum Gasteiger partial charge on any atom is 0.240 e. The zero-order valence-electron chi connectivity index (χ0n) is 13.9. The highest BCUT2D eigenvalue weighted by Crippen LogP contribution is 2.24. The minimum atomic E-state index is -0.0956. The Kier molecular flexibility index (Phi) is 4.49. The molecule has 1 amide bonds. The molecule has 0 spiro atoms. The summed E-state index contributed by atoms with van der Waals surface area (Å²) in [6, 6.07) is 8.72. The van der Waals surface area contributed by atoms with Gasteiger partial charge in [0.05, 0.1) is 22.3 Å². The molecule has 5 nitrogen and oxygen atoms in total. The zero-order chi connectivity index (χ0) is 17.3. The van der Waals surface area contributed by atoms with Crippen LogP contribution < -0.4 is 10.7 Å². The largest absolute Gasteiger partial charge is 0.347 e. The highest BCUT2D eigenvalue weighted by atomic mass is 32.1. The number of nitrogens with zero attached hydrogens (tertiary/aromatic N) is 2. The molecule has 6 heteroatoms. The number of pyridine rings is 1. The minimum Gasteiger partial charge on any atom is -0.347 e. The molecule has 1 aromatic carbocycles. The van der Waals surface area contributed by atoms with Crippen molar-refractivity contribution >= 4 is 28.1 Å². The van der Waals surface area contributed by atoms with E-state index >= 15 is 0 Å². The van der Waals surface area contributed by atoms with Gasteiger partial charge >= 0.3 is 0 Å². The van der Waals surface area contributed by atoms with Gasteiger partial charge in [-0.2, -0.15) is 0 Å². The SMILES string of the molecule is Cc1nc(C)c(C(C)NC(=O)Cn2ccc(=O)c3ccccc32)s1. The summed E-state index contributed by atoms with van der Waals surface area (Å²) in [5.74, 6) is -0.0956. The first-order valence-corrected chi connectivity index (χ1v) is 8.59. The van der Waals surface area contributed by atoms with Gasteiger partial charge in [-0.15, -0.1) is 11.3 Å². The molecule has 24 heavy (non-hydrogen) atoms. The summed E-state index contributed by atoms with van der Waals surface area (Å²) < 4.78 is 1.80. The van der Waals surface area contributed by atoms with E-state index in [0.29, 0.717) is 5.39 Å². The number of hydrogen-bond acceptors (Lipinski definition) is 4. The molecule has 2 heterocycles. The zero-order valence-corrected chi connectivity index (χ0v) is 14.7. The third kappa shape index (κ3) is 3.23. The Morgan fingerprint density at radius 2 is 2.04 bits per heavy atom. The number of carbonyl (C=O) groups is 1. The van der Waals surface area contributed by atoms with Crippen molar-refractivity contribution in [1.82, 2.24) is 14.9 Å². The highest BCUT2D eigenvalue weighted by molar-refractivity contribution is 7.11. The Balaban J connectivity index is 1.79. The average Bonchev–Trinajstić information content (AvgIpc) is 2.89. The van der Waals surface area contributed by atoms with Crippen molar-refractivity contribution in [3.63, 3.8) is 0 Å². The van der Waals surface area contributed by atoms with E-state index in [9.17, 15) is 9.59 Å². The van der Waals surface area contributed by atoms with Crippen LogP contribution in [0.4, 0.5) is 0 Å². The predicted octanol–water partition coefficient (Wildman–Crippen LogP) is 2.95. The molecule has 0 saturated heterocycles. The van der Waals surface area contributed by atoms with E-state index in [1.807, 2.05) is 39.0 Å². The van der Waals surface area contributed by atoms with Gasteiger partial charge in [-0.1, -0.05) is 12.1 Å². The summed E-state index contributed by atoms with van der Waals surface area (Å²) >= 11 is 1.60. The fraction of sp³-hybridized carbons (Fsp3) is 0.278. The maximum absolute atomic E-state index is 12.4. The third-order valence-electron chi connectivity index (χ3n) is 3.91. The molecule has 0 aliphatic carbocycles. The Morgan fingerprint density at radius 1 is 1.29 bits per heavy atom. The van der Waals surface area contributed by atoms with Gasteiger partial charge in [0.2, 0.25) is 5.91 Å². The number of thiazole rings is 1. The molecule has 0 radical (unpaired) electrons. The first kappa shape index (κ1) is 16.4. The van der Waals surface area contributed by atoms with Gasteiger partial charge in [0, 0.05) is 22.5 Å². The highest BCUT2D eigenvalue weighted by Gasteiger charge is 2.16. The van der Waals surface area contributed by atoms with E-state index < -0.39 is 0 Å². The van der Waals surface area contributed by atoms with E-state index in [-0.39, 0.29) is 23.9 Å². The lowest BCUT2D eigenvalue weighted by molar-refractivity contribution is -0.122. The molecule has 1 atom stereocenters. The molecule has 0 saturated carbocycles. The van der Waals surface area contributed by atoms with Gasteiger partial charge in [-0.25, -0.2) is 4.98 Å². The number of rotatable bonds is 4. The molecule has 0 fully saturated rings. The first-order valence-electron chi connectivity index (χ1n) is 7.77. The van der Waals surface area contributed by atoms with Gasteiger partial charge in [-0.3, -0.25) is 9.59 Å². The number of nitrogens with one attached hydrogen (secondary N) is 1. The molecule has 1 unspecified atom stereocenters. The summed E-state index contributed by atoms with van der Waals surface area (Å²) in [4.78, 5) is 29.8. The van der Waals surface area contributed by atoms with Crippen LogP contribution in [0.1, 0.15) is 28.5 Å². The van der Waals surface area contributed by atoms with Crippen LogP contribution >= 0.6 is 11.3 Å². The fourth-order valence-corrected chi connectivity index (χ4v) is 3.78. The fourth-order valence-electron chi connectivity index (χ4n) is 2.85. The van der Waals surface area contributed by atoms with E-state index in [2.05, 4.69) is 10.3 Å². The third-order valence-corrected chi connectivity index (χ3v) is 5.16. The van der Waals surface area contributed by atoms with Crippen LogP contribution in [-0.2, 0) is 11.3 Å². The molecule has 3 rings (SSSR count). The number of aryl methyl sites for hydroxylation is 2. The molecule has 2 aromatic heterocycles. The summed E-state index contributed by atoms with van der Waals surface area (Å²) in [6.45, 7) is 6.04. The number of para-hydroxylation sites is 1. The van der Waals surface area contributed by atoms with Gasteiger partial charge < -0.3 is 9.88 Å². The minimum absolute atomic E-state index is 0.0358. The second-order valence-corrected chi connectivity index (χ2v) is 7.03. The quantitative estimate of drug-likeness (QED) is 0.793. The van der Waals surface area contributed by atoms with E-state index in [1.165, 1.54) is 6.07 Å². The number of hydrogen-bond donors (Lipinski definition) is 1. The van der Waals surface area contributed by atoms with Crippen LogP contribution in [0.15, 0.2) is 41.3 Å². The summed E-state index contributed by atoms with van der Waals surface area (Å²) in [6.07, 6.45) is 1.66. The molecule has 1 N–H and O–H groups in total. The van der Waals surface area contributed by atoms with Crippen LogP contribution in [0.3, 0.4) is 0 Å². The second kappa shape index (κ2) is 6.57. The lowest BCUT2D eigenvalue weighted by atomic mass is 10.2. The molecular weight excluding hydrogens is 322 g/mol. The smallest absolute Gasteiger partial charge is 0.240 e. The summed E-state index contributed by atoms with van der Waals surface area (Å²) in [7, 11) is 0. The Morgan fingerprint density at radius 3 is 2.75 bits per heavy atom. The van der Waals surface area contributed by atoms with Gasteiger partial charge in [0.1, 0.15) is 6.54 Å². The van der Waals surface area contributed by atoms with Gasteiger partial charge in [0.25, 0.3) is 0 Å². The van der Waals surface area contributed by atoms with Gasteiger partial charge in [-0.05, 0) is 32.9 Å². The molecular formula is C18H19N3O2S. The molecule has 0 bridgehead atoms. The van der Waals surface area contributed by atoms with Crippen LogP contribution in [-0.4, -0.2) is 15.5 Å². The Bertz CT molecular complexity index is 958. The van der Waals surface area contributed by atoms with E-state index in [4.69, 9.17) is 0 Å². The number of amides is 1. The monoisotopic (exact) mass is 341 g/mol. The molecule has 3 aromatic rings. The van der Waals surface area contributed by atoms with Crippen molar-refractivity contribution in [3.8, 4) is 0 Å². The van der Waals surface area contributed by atoms with Crippen LogP contribution in [0, 0.1) is 13.8 Å². The first-order chi connectivity index (χ1) is 11.5. The van der Waals surface area contributed by atoms with E-state index in [0.717, 1.165) is 21.1 Å². The Hall–Kier alpha value is -2.47. The van der Waals surface area contributed by atoms with Crippen molar-refractivity contribution in [2.24, 2.45) is 0 Å². The number of carbonyl (C=O) groups excluding carboxylic acids is 1. The lowest BCUT2D eigenvalue weighted by Crippen LogP contribution is -2.30. The van der Waals surface area contributed by atoms with Crippen LogP contribution in [0.5, 0.6) is 0 Å². The molecule has 124 valence electrons. The van der Waals surface area contributed by atoms with Crippen molar-refractivity contribution in [3.05, 3.63) is 62.3 Å². The van der Waals surface area contributed by atoms with Crippen molar-refractivity contribution in [1.29, 1.82) is 0 Å². The van der Waals surface area contributed by atoms with Crippen LogP contribution in [0.25, 0.3) is 10.9 Å². The molecule has 0 aliphatic heterocycles. The lowest BCUT2D eigenvalue weighted by Gasteiger charge is -2.15. The van der Waals surface area contributed by atoms with Crippen molar-refractivity contribution in [2.75, 3.05) is 0 Å². The normalized spacial score (nSPS) is 12.3. The number of benzene rings is 1. The summed E-state index contributed by atoms with van der Waals surface area (Å²) in [5.41, 5.74) is 1.68. The predicted molar refractivity (Wildman–Crippen MR) is 96.4 cm³/mol. The number of fused-ring (bicyclic) bond motifs is 1. The van der Waals surface area contributed by atoms with Crippen molar-refractivity contribution < 1.29 is 4.79 Å². The summed E-state index contributed by atoms with van der Waals surface area (Å²) in [5, 5.41) is 4.63. The maximum atomic E-state index is 12.4. The van der Waals surface area contributed by atoms with Gasteiger partial charge in [0.15, 0.2) is 5.43 Å². The molecule has 0 aliphatic rings.